The molecule has 2 aromatic carbocycles. The van der Waals surface area contributed by atoms with Crippen LogP contribution in [-0.4, -0.2) is 49.0 Å². The van der Waals surface area contributed by atoms with Crippen molar-refractivity contribution in [1.82, 2.24) is 15.1 Å². The first-order chi connectivity index (χ1) is 15.9. The average Bonchev–Trinajstić information content (AvgIpc) is 3.11. The van der Waals surface area contributed by atoms with E-state index >= 15 is 0 Å². The maximum atomic E-state index is 13.3. The number of carbonyl (C=O) groups is 2. The highest BCUT2D eigenvalue weighted by Crippen LogP contribution is 2.40. The number of aromatic nitrogens is 2. The molecule has 9 nitrogen and oxygen atoms in total. The number of hydrogen-bond acceptors (Lipinski definition) is 6. The lowest BCUT2D eigenvalue weighted by Gasteiger charge is -2.32. The smallest absolute Gasteiger partial charge is 0.252 e. The van der Waals surface area contributed by atoms with Crippen LogP contribution in [0.25, 0.3) is 0 Å². The molecule has 2 amide bonds. The van der Waals surface area contributed by atoms with E-state index in [4.69, 9.17) is 14.2 Å². The van der Waals surface area contributed by atoms with Crippen molar-refractivity contribution in [2.24, 2.45) is 7.05 Å². The summed E-state index contributed by atoms with van der Waals surface area (Å²) in [5.74, 6) is 0.532. The highest BCUT2D eigenvalue weighted by atomic mass is 16.5. The standard InChI is InChI=1S/C24H26N4O5/c1-13-18-19(14-9-7-6-8-10-14)20(24(30)26-22(18)28(2)27-13)25-23(29)15-11-16(31-3)21(33-5)17(12-15)32-4/h6-12,19-20H,1-5H3,(H,25,29)(H,26,30)/t19-,20+/m1/s1. The summed E-state index contributed by atoms with van der Waals surface area (Å²) in [7, 11) is 6.23. The molecule has 0 spiro atoms. The molecule has 3 aromatic rings. The molecule has 1 aliphatic heterocycles. The summed E-state index contributed by atoms with van der Waals surface area (Å²) in [6, 6.07) is 11.9. The molecule has 0 fully saturated rings. The second kappa shape index (κ2) is 8.85. The van der Waals surface area contributed by atoms with E-state index in [-0.39, 0.29) is 11.5 Å². The number of rotatable bonds is 6. The highest BCUT2D eigenvalue weighted by molar-refractivity contribution is 6.04. The molecule has 0 unspecified atom stereocenters. The molecule has 2 N–H and O–H groups in total. The molecule has 0 bridgehead atoms. The Bertz CT molecular complexity index is 1180. The fourth-order valence-corrected chi connectivity index (χ4v) is 4.31. The van der Waals surface area contributed by atoms with Crippen LogP contribution in [0.1, 0.15) is 33.1 Å². The van der Waals surface area contributed by atoms with Gasteiger partial charge in [-0.1, -0.05) is 30.3 Å². The van der Waals surface area contributed by atoms with Crippen LogP contribution >= 0.6 is 0 Å². The van der Waals surface area contributed by atoms with Crippen molar-refractivity contribution in [1.29, 1.82) is 0 Å². The second-order valence-corrected chi connectivity index (χ2v) is 7.71. The molecule has 1 aliphatic rings. The van der Waals surface area contributed by atoms with Gasteiger partial charge in [-0.2, -0.15) is 5.10 Å². The third-order valence-corrected chi connectivity index (χ3v) is 5.81. The Hall–Kier alpha value is -4.01. The van der Waals surface area contributed by atoms with Crippen molar-refractivity contribution in [3.05, 3.63) is 64.8 Å². The molecule has 2 atom stereocenters. The first-order valence-electron chi connectivity index (χ1n) is 10.4. The van der Waals surface area contributed by atoms with Crippen molar-refractivity contribution < 1.29 is 23.8 Å². The highest BCUT2D eigenvalue weighted by Gasteiger charge is 2.41. The molecular formula is C24H26N4O5. The Morgan fingerprint density at radius 3 is 2.27 bits per heavy atom. The van der Waals surface area contributed by atoms with E-state index in [1.807, 2.05) is 37.3 Å². The van der Waals surface area contributed by atoms with Crippen molar-refractivity contribution in [2.75, 3.05) is 26.6 Å². The van der Waals surface area contributed by atoms with E-state index in [0.29, 0.717) is 23.1 Å². The summed E-state index contributed by atoms with van der Waals surface area (Å²) in [5, 5.41) is 10.3. The Labute approximate surface area is 191 Å². The van der Waals surface area contributed by atoms with E-state index in [1.54, 1.807) is 23.9 Å². The number of carbonyl (C=O) groups excluding carboxylic acids is 2. The van der Waals surface area contributed by atoms with Gasteiger partial charge in [-0.25, -0.2) is 0 Å². The molecule has 0 saturated carbocycles. The molecule has 0 radical (unpaired) electrons. The zero-order valence-corrected chi connectivity index (χ0v) is 19.1. The van der Waals surface area contributed by atoms with Crippen molar-refractivity contribution in [3.63, 3.8) is 0 Å². The van der Waals surface area contributed by atoms with Gasteiger partial charge in [-0.05, 0) is 24.6 Å². The minimum absolute atomic E-state index is 0.276. The number of nitrogens with one attached hydrogen (secondary N) is 2. The number of ether oxygens (including phenoxy) is 3. The molecular weight excluding hydrogens is 424 g/mol. The van der Waals surface area contributed by atoms with Gasteiger partial charge in [0.15, 0.2) is 11.5 Å². The predicted octanol–water partition coefficient (Wildman–Crippen LogP) is 2.64. The van der Waals surface area contributed by atoms with Crippen LogP contribution in [0.4, 0.5) is 5.82 Å². The van der Waals surface area contributed by atoms with E-state index in [0.717, 1.165) is 16.8 Å². The lowest BCUT2D eigenvalue weighted by molar-refractivity contribution is -0.118. The maximum absolute atomic E-state index is 13.3. The lowest BCUT2D eigenvalue weighted by Crippen LogP contribution is -2.50. The van der Waals surface area contributed by atoms with Crippen LogP contribution in [0.5, 0.6) is 17.2 Å². The van der Waals surface area contributed by atoms with Gasteiger partial charge in [-0.3, -0.25) is 14.3 Å². The number of aryl methyl sites for hydroxylation is 2. The number of benzene rings is 2. The zero-order chi connectivity index (χ0) is 23.7. The SMILES string of the molecule is COc1cc(C(=O)N[C@@H]2C(=O)Nc3c(c(C)nn3C)[C@H]2c2ccccc2)cc(OC)c1OC. The lowest BCUT2D eigenvalue weighted by atomic mass is 9.82. The van der Waals surface area contributed by atoms with Gasteiger partial charge in [0.25, 0.3) is 5.91 Å². The van der Waals surface area contributed by atoms with Crippen molar-refractivity contribution >= 4 is 17.6 Å². The van der Waals surface area contributed by atoms with Crippen LogP contribution < -0.4 is 24.8 Å². The quantitative estimate of drug-likeness (QED) is 0.599. The van der Waals surface area contributed by atoms with Crippen molar-refractivity contribution in [2.45, 2.75) is 18.9 Å². The molecule has 9 heteroatoms. The minimum atomic E-state index is -0.852. The summed E-state index contributed by atoms with van der Waals surface area (Å²) >= 11 is 0. The summed E-state index contributed by atoms with van der Waals surface area (Å²) in [6.07, 6.45) is 0. The predicted molar refractivity (Wildman–Crippen MR) is 122 cm³/mol. The topological polar surface area (TPSA) is 104 Å². The first-order valence-corrected chi connectivity index (χ1v) is 10.4. The van der Waals surface area contributed by atoms with Crippen LogP contribution in [0.2, 0.25) is 0 Å². The molecule has 172 valence electrons. The van der Waals surface area contributed by atoms with Gasteiger partial charge in [-0.15, -0.1) is 0 Å². The van der Waals surface area contributed by atoms with Crippen LogP contribution in [0.15, 0.2) is 42.5 Å². The van der Waals surface area contributed by atoms with E-state index in [2.05, 4.69) is 15.7 Å². The first kappa shape index (κ1) is 22.2. The molecule has 0 saturated heterocycles. The largest absolute Gasteiger partial charge is 0.493 e. The van der Waals surface area contributed by atoms with Crippen molar-refractivity contribution in [3.8, 4) is 17.2 Å². The Morgan fingerprint density at radius 2 is 1.70 bits per heavy atom. The molecule has 4 rings (SSSR count). The average molecular weight is 450 g/mol. The number of hydrogen-bond donors (Lipinski definition) is 2. The number of anilines is 1. The van der Waals surface area contributed by atoms with E-state index < -0.39 is 17.9 Å². The van der Waals surface area contributed by atoms with Gasteiger partial charge >= 0.3 is 0 Å². The molecule has 2 heterocycles. The summed E-state index contributed by atoms with van der Waals surface area (Å²) in [5.41, 5.74) is 2.84. The second-order valence-electron chi connectivity index (χ2n) is 7.71. The van der Waals surface area contributed by atoms with Gasteiger partial charge in [0, 0.05) is 24.1 Å². The van der Waals surface area contributed by atoms with Gasteiger partial charge in [0.1, 0.15) is 11.9 Å². The molecule has 1 aromatic heterocycles. The summed E-state index contributed by atoms with van der Waals surface area (Å²) in [6.45, 7) is 1.89. The Kier molecular flexibility index (Phi) is 5.95. The number of nitrogens with zero attached hydrogens (tertiary/aromatic N) is 2. The van der Waals surface area contributed by atoms with Crippen LogP contribution in [-0.2, 0) is 11.8 Å². The van der Waals surface area contributed by atoms with E-state index in [9.17, 15) is 9.59 Å². The number of methoxy groups -OCH3 is 3. The fourth-order valence-electron chi connectivity index (χ4n) is 4.31. The van der Waals surface area contributed by atoms with Gasteiger partial charge < -0.3 is 24.8 Å². The third-order valence-electron chi connectivity index (χ3n) is 5.81. The number of fused-ring (bicyclic) bond motifs is 1. The zero-order valence-electron chi connectivity index (χ0n) is 19.1. The van der Waals surface area contributed by atoms with Gasteiger partial charge in [0.2, 0.25) is 11.7 Å². The molecule has 33 heavy (non-hydrogen) atoms. The minimum Gasteiger partial charge on any atom is -0.493 e. The monoisotopic (exact) mass is 450 g/mol. The fraction of sp³-hybridized carbons (Fsp3) is 0.292. The normalized spacial score (nSPS) is 17.1. The van der Waals surface area contributed by atoms with E-state index in [1.165, 1.54) is 21.3 Å². The number of amides is 2. The van der Waals surface area contributed by atoms with Gasteiger partial charge in [0.05, 0.1) is 27.0 Å². The van der Waals surface area contributed by atoms with Crippen LogP contribution in [0.3, 0.4) is 0 Å². The Balaban J connectivity index is 1.76. The Morgan fingerprint density at radius 1 is 1.06 bits per heavy atom. The van der Waals surface area contributed by atoms with Crippen LogP contribution in [0, 0.1) is 6.92 Å². The maximum Gasteiger partial charge on any atom is 0.252 e. The summed E-state index contributed by atoms with van der Waals surface area (Å²) in [4.78, 5) is 26.5. The summed E-state index contributed by atoms with van der Waals surface area (Å²) < 4.78 is 17.7. The molecule has 0 aliphatic carbocycles. The third kappa shape index (κ3) is 3.86.